The molecule has 2 aromatic carbocycles. The van der Waals surface area contributed by atoms with Crippen molar-refractivity contribution >= 4 is 11.8 Å². The van der Waals surface area contributed by atoms with Crippen molar-refractivity contribution in [3.63, 3.8) is 0 Å². The molecule has 4 nitrogen and oxygen atoms in total. The van der Waals surface area contributed by atoms with E-state index in [2.05, 4.69) is 4.74 Å². The van der Waals surface area contributed by atoms with Crippen LogP contribution in [0.25, 0.3) is 0 Å². The van der Waals surface area contributed by atoms with Gasteiger partial charge in [-0.3, -0.25) is 9.59 Å². The van der Waals surface area contributed by atoms with E-state index in [4.69, 9.17) is 4.74 Å². The molecule has 2 rings (SSSR count). The maximum absolute atomic E-state index is 12.1. The molecule has 21 heavy (non-hydrogen) atoms. The SMILES string of the molecule is COC(=O)CC(=O)c1ccccc1Oc1cccc(C)c1. The first kappa shape index (κ1) is 14.8. The van der Waals surface area contributed by atoms with Gasteiger partial charge in [-0.05, 0) is 36.8 Å². The highest BCUT2D eigenvalue weighted by molar-refractivity contribution is 6.07. The number of hydrogen-bond donors (Lipinski definition) is 0. The zero-order chi connectivity index (χ0) is 15.2. The van der Waals surface area contributed by atoms with Gasteiger partial charge in [0.1, 0.15) is 17.9 Å². The molecule has 0 unspecified atom stereocenters. The Morgan fingerprint density at radius 3 is 2.52 bits per heavy atom. The van der Waals surface area contributed by atoms with E-state index in [1.54, 1.807) is 24.3 Å². The van der Waals surface area contributed by atoms with E-state index in [0.29, 0.717) is 17.1 Å². The molecule has 0 saturated heterocycles. The zero-order valence-electron chi connectivity index (χ0n) is 12.0. The fraction of sp³-hybridized carbons (Fsp3) is 0.176. The third kappa shape index (κ3) is 3.92. The van der Waals surface area contributed by atoms with Crippen LogP contribution in [0.15, 0.2) is 48.5 Å². The number of benzene rings is 2. The molecular formula is C17H16O4. The third-order valence-electron chi connectivity index (χ3n) is 2.94. The maximum atomic E-state index is 12.1. The lowest BCUT2D eigenvalue weighted by Gasteiger charge is -2.10. The zero-order valence-corrected chi connectivity index (χ0v) is 12.0. The molecule has 4 heteroatoms. The van der Waals surface area contributed by atoms with Gasteiger partial charge >= 0.3 is 5.97 Å². The van der Waals surface area contributed by atoms with Crippen molar-refractivity contribution in [2.24, 2.45) is 0 Å². The van der Waals surface area contributed by atoms with E-state index in [1.165, 1.54) is 7.11 Å². The second kappa shape index (κ2) is 6.70. The summed E-state index contributed by atoms with van der Waals surface area (Å²) in [5.74, 6) is 0.181. The number of Topliss-reactive ketones (excluding diaryl/α,β-unsaturated/α-hetero) is 1. The van der Waals surface area contributed by atoms with Crippen molar-refractivity contribution in [2.45, 2.75) is 13.3 Å². The third-order valence-corrected chi connectivity index (χ3v) is 2.94. The van der Waals surface area contributed by atoms with E-state index in [0.717, 1.165) is 5.56 Å². The predicted molar refractivity (Wildman–Crippen MR) is 78.7 cm³/mol. The summed E-state index contributed by atoms with van der Waals surface area (Å²) in [6.45, 7) is 1.96. The summed E-state index contributed by atoms with van der Waals surface area (Å²) in [4.78, 5) is 23.3. The van der Waals surface area contributed by atoms with Gasteiger partial charge < -0.3 is 9.47 Å². The molecule has 0 aliphatic rings. The molecule has 0 fully saturated rings. The van der Waals surface area contributed by atoms with Gasteiger partial charge in [0.15, 0.2) is 5.78 Å². The topological polar surface area (TPSA) is 52.6 Å². The number of hydrogen-bond acceptors (Lipinski definition) is 4. The summed E-state index contributed by atoms with van der Waals surface area (Å²) in [7, 11) is 1.25. The molecule has 0 radical (unpaired) electrons. The van der Waals surface area contributed by atoms with Crippen LogP contribution in [0, 0.1) is 6.92 Å². The molecule has 0 atom stereocenters. The molecule has 0 heterocycles. The van der Waals surface area contributed by atoms with Gasteiger partial charge in [0, 0.05) is 0 Å². The summed E-state index contributed by atoms with van der Waals surface area (Å²) < 4.78 is 10.3. The summed E-state index contributed by atoms with van der Waals surface area (Å²) >= 11 is 0. The molecule has 2 aromatic rings. The maximum Gasteiger partial charge on any atom is 0.313 e. The van der Waals surface area contributed by atoms with Crippen molar-refractivity contribution in [3.05, 3.63) is 59.7 Å². The molecule has 0 aromatic heterocycles. The highest BCUT2D eigenvalue weighted by atomic mass is 16.5. The van der Waals surface area contributed by atoms with Crippen LogP contribution in [0.2, 0.25) is 0 Å². The highest BCUT2D eigenvalue weighted by Crippen LogP contribution is 2.26. The lowest BCUT2D eigenvalue weighted by Crippen LogP contribution is -2.10. The standard InChI is InChI=1S/C17H16O4/c1-12-6-5-7-13(10-12)21-16-9-4-3-8-14(16)15(18)11-17(19)20-2/h3-10H,11H2,1-2H3. The van der Waals surface area contributed by atoms with Crippen molar-refractivity contribution in [1.29, 1.82) is 0 Å². The number of methoxy groups -OCH3 is 1. The van der Waals surface area contributed by atoms with Gasteiger partial charge in [0.25, 0.3) is 0 Å². The number of rotatable bonds is 5. The van der Waals surface area contributed by atoms with Crippen molar-refractivity contribution in [2.75, 3.05) is 7.11 Å². The van der Waals surface area contributed by atoms with E-state index < -0.39 is 5.97 Å². The van der Waals surface area contributed by atoms with E-state index in [-0.39, 0.29) is 12.2 Å². The van der Waals surface area contributed by atoms with Gasteiger partial charge in [-0.1, -0.05) is 24.3 Å². The Bertz CT molecular complexity index is 661. The smallest absolute Gasteiger partial charge is 0.313 e. The van der Waals surface area contributed by atoms with Crippen LogP contribution in [0.4, 0.5) is 0 Å². The number of esters is 1. The van der Waals surface area contributed by atoms with Crippen molar-refractivity contribution in [3.8, 4) is 11.5 Å². The molecular weight excluding hydrogens is 268 g/mol. The number of ketones is 1. The first-order valence-corrected chi connectivity index (χ1v) is 6.53. The Labute approximate surface area is 123 Å². The largest absolute Gasteiger partial charge is 0.469 e. The fourth-order valence-corrected chi connectivity index (χ4v) is 1.89. The summed E-state index contributed by atoms with van der Waals surface area (Å²) in [6.07, 6.45) is -0.301. The van der Waals surface area contributed by atoms with E-state index in [1.807, 2.05) is 31.2 Å². The van der Waals surface area contributed by atoms with Gasteiger partial charge in [-0.15, -0.1) is 0 Å². The quantitative estimate of drug-likeness (QED) is 0.479. The van der Waals surface area contributed by atoms with Crippen LogP contribution in [0.5, 0.6) is 11.5 Å². The number of aryl methyl sites for hydroxylation is 1. The Balaban J connectivity index is 2.24. The Hall–Kier alpha value is -2.62. The Kier molecular flexibility index (Phi) is 4.72. The minimum Gasteiger partial charge on any atom is -0.469 e. The summed E-state index contributed by atoms with van der Waals surface area (Å²) in [5.41, 5.74) is 1.43. The van der Waals surface area contributed by atoms with Gasteiger partial charge in [-0.25, -0.2) is 0 Å². The Morgan fingerprint density at radius 2 is 1.81 bits per heavy atom. The average Bonchev–Trinajstić information content (AvgIpc) is 2.47. The molecule has 108 valence electrons. The molecule has 0 bridgehead atoms. The fourth-order valence-electron chi connectivity index (χ4n) is 1.89. The first-order chi connectivity index (χ1) is 10.1. The molecule has 0 spiro atoms. The van der Waals surface area contributed by atoms with Crippen LogP contribution in [-0.4, -0.2) is 18.9 Å². The number of para-hydroxylation sites is 1. The van der Waals surface area contributed by atoms with Gasteiger partial charge in [-0.2, -0.15) is 0 Å². The number of carbonyl (C=O) groups excluding carboxylic acids is 2. The van der Waals surface area contributed by atoms with E-state index >= 15 is 0 Å². The Morgan fingerprint density at radius 1 is 1.05 bits per heavy atom. The minimum atomic E-state index is -0.564. The van der Waals surface area contributed by atoms with Gasteiger partial charge in [0.05, 0.1) is 12.7 Å². The second-order valence-electron chi connectivity index (χ2n) is 4.59. The highest BCUT2D eigenvalue weighted by Gasteiger charge is 2.16. The molecule has 0 aliphatic carbocycles. The number of ether oxygens (including phenoxy) is 2. The van der Waals surface area contributed by atoms with Crippen LogP contribution >= 0.6 is 0 Å². The van der Waals surface area contributed by atoms with E-state index in [9.17, 15) is 9.59 Å². The van der Waals surface area contributed by atoms with Crippen molar-refractivity contribution in [1.82, 2.24) is 0 Å². The molecule has 0 saturated carbocycles. The lowest BCUT2D eigenvalue weighted by molar-refractivity contribution is -0.139. The average molecular weight is 284 g/mol. The monoisotopic (exact) mass is 284 g/mol. The van der Waals surface area contributed by atoms with Crippen LogP contribution < -0.4 is 4.74 Å². The van der Waals surface area contributed by atoms with Crippen LogP contribution in [0.1, 0.15) is 22.3 Å². The summed E-state index contributed by atoms with van der Waals surface area (Å²) in [6, 6.07) is 14.4. The van der Waals surface area contributed by atoms with Crippen molar-refractivity contribution < 1.29 is 19.1 Å². The normalized spacial score (nSPS) is 10.0. The van der Waals surface area contributed by atoms with Crippen LogP contribution in [0.3, 0.4) is 0 Å². The predicted octanol–water partition coefficient (Wildman–Crippen LogP) is 3.53. The lowest BCUT2D eigenvalue weighted by atomic mass is 10.1. The molecule has 0 amide bonds. The molecule has 0 aliphatic heterocycles. The molecule has 0 N–H and O–H groups in total. The summed E-state index contributed by atoms with van der Waals surface area (Å²) in [5, 5.41) is 0. The van der Waals surface area contributed by atoms with Crippen LogP contribution in [-0.2, 0) is 9.53 Å². The van der Waals surface area contributed by atoms with Gasteiger partial charge in [0.2, 0.25) is 0 Å². The second-order valence-corrected chi connectivity index (χ2v) is 4.59. The minimum absolute atomic E-state index is 0.301. The number of carbonyl (C=O) groups is 2. The first-order valence-electron chi connectivity index (χ1n) is 6.53.